The number of carbonyl (C=O) groups excluding carboxylic acids is 2. The van der Waals surface area contributed by atoms with Gasteiger partial charge in [-0.05, 0) is 86.1 Å². The van der Waals surface area contributed by atoms with Gasteiger partial charge in [0.15, 0.2) is 0 Å². The minimum Gasteiger partial charge on any atom is -0.351 e. The molecule has 2 amide bonds. The molecule has 45 heavy (non-hydrogen) atoms. The minimum absolute atomic E-state index is 0. The Morgan fingerprint density at radius 3 is 2.38 bits per heavy atom. The Kier molecular flexibility index (Phi) is 15.4. The van der Waals surface area contributed by atoms with Crippen molar-refractivity contribution >= 4 is 46.7 Å². The van der Waals surface area contributed by atoms with Gasteiger partial charge in [0.05, 0.1) is 10.6 Å². The fraction of sp³-hybridized carbons (Fsp3) is 0.424. The molecule has 246 valence electrons. The Morgan fingerprint density at radius 1 is 1.00 bits per heavy atom. The van der Waals surface area contributed by atoms with Crippen molar-refractivity contribution in [1.29, 1.82) is 0 Å². The Balaban J connectivity index is 0.00000353. The van der Waals surface area contributed by atoms with Crippen LogP contribution in [0.5, 0.6) is 0 Å². The zero-order valence-corrected chi connectivity index (χ0v) is 28.4. The second-order valence-electron chi connectivity index (χ2n) is 11.6. The van der Waals surface area contributed by atoms with Gasteiger partial charge in [-0.2, -0.15) is 0 Å². The number of aromatic nitrogens is 1. The predicted octanol–water partition coefficient (Wildman–Crippen LogP) is 5.07. The van der Waals surface area contributed by atoms with Crippen molar-refractivity contribution in [2.75, 3.05) is 32.7 Å². The molecule has 0 spiro atoms. The molecule has 3 N–H and O–H groups in total. The first kappa shape index (κ1) is 38.2. The van der Waals surface area contributed by atoms with E-state index in [0.29, 0.717) is 49.7 Å². The molecule has 2 heterocycles. The van der Waals surface area contributed by atoms with E-state index in [2.05, 4.69) is 29.0 Å². The number of likely N-dealkylation sites (tertiary alicyclic amines) is 1. The van der Waals surface area contributed by atoms with Gasteiger partial charge in [0.25, 0.3) is 5.91 Å². The zero-order chi connectivity index (χ0) is 30.8. The van der Waals surface area contributed by atoms with Crippen molar-refractivity contribution in [2.45, 2.75) is 57.4 Å². The maximum absolute atomic E-state index is 13.3. The monoisotopic (exact) mass is 677 g/mol. The summed E-state index contributed by atoms with van der Waals surface area (Å²) in [7, 11) is -3.76. The second kappa shape index (κ2) is 18.2. The zero-order valence-electron chi connectivity index (χ0n) is 26.0. The number of hydrogen-bond donors (Lipinski definition) is 2. The van der Waals surface area contributed by atoms with Crippen molar-refractivity contribution in [3.63, 3.8) is 0 Å². The molecule has 0 aliphatic carbocycles. The predicted molar refractivity (Wildman–Crippen MR) is 183 cm³/mol. The number of nitrogens with two attached hydrogens (primary N) is 1. The molecule has 0 saturated carbocycles. The molecule has 0 atom stereocenters. The normalized spacial score (nSPS) is 13.2. The van der Waals surface area contributed by atoms with Gasteiger partial charge >= 0.3 is 0 Å². The molecule has 0 radical (unpaired) electrons. The van der Waals surface area contributed by atoms with Crippen molar-refractivity contribution < 1.29 is 18.0 Å². The summed E-state index contributed by atoms with van der Waals surface area (Å²) >= 11 is 0. The lowest BCUT2D eigenvalue weighted by Gasteiger charge is -2.24. The molecular weight excluding hydrogens is 633 g/mol. The van der Waals surface area contributed by atoms with E-state index in [9.17, 15) is 18.0 Å². The number of carbonyl (C=O) groups is 2. The minimum atomic E-state index is -3.76. The number of hydrogen-bond acceptors (Lipinski definition) is 6. The van der Waals surface area contributed by atoms with Crippen LogP contribution in [0.1, 0.15) is 61.0 Å². The molecule has 1 fully saturated rings. The first-order chi connectivity index (χ1) is 20.6. The highest BCUT2D eigenvalue weighted by atomic mass is 35.5. The molecule has 1 saturated heterocycles. The summed E-state index contributed by atoms with van der Waals surface area (Å²) < 4.78 is 23.2. The van der Waals surface area contributed by atoms with Gasteiger partial charge in [-0.1, -0.05) is 44.2 Å². The number of primary sulfonamides is 1. The van der Waals surface area contributed by atoms with Crippen LogP contribution >= 0.6 is 24.8 Å². The van der Waals surface area contributed by atoms with Gasteiger partial charge in [0.2, 0.25) is 15.9 Å². The molecule has 1 aliphatic rings. The maximum Gasteiger partial charge on any atom is 0.251 e. The Bertz CT molecular complexity index is 1500. The Morgan fingerprint density at radius 2 is 1.71 bits per heavy atom. The third kappa shape index (κ3) is 12.0. The highest BCUT2D eigenvalue weighted by molar-refractivity contribution is 7.89. The smallest absolute Gasteiger partial charge is 0.251 e. The molecular formula is C33H45Cl2N5O4S. The first-order valence-electron chi connectivity index (χ1n) is 15.0. The van der Waals surface area contributed by atoms with Gasteiger partial charge in [0.1, 0.15) is 0 Å². The molecule has 9 nitrogen and oxygen atoms in total. The summed E-state index contributed by atoms with van der Waals surface area (Å²) in [5.41, 5.74) is 4.01. The molecule has 1 aliphatic heterocycles. The number of pyridine rings is 1. The largest absolute Gasteiger partial charge is 0.351 e. The second-order valence-corrected chi connectivity index (χ2v) is 13.2. The van der Waals surface area contributed by atoms with Crippen molar-refractivity contribution in [1.82, 2.24) is 20.1 Å². The molecule has 3 aromatic rings. The van der Waals surface area contributed by atoms with Gasteiger partial charge in [0, 0.05) is 49.9 Å². The summed E-state index contributed by atoms with van der Waals surface area (Å²) in [6.07, 6.45) is 5.94. The molecule has 12 heteroatoms. The topological polar surface area (TPSA) is 126 Å². The van der Waals surface area contributed by atoms with Crippen LogP contribution in [0.2, 0.25) is 0 Å². The third-order valence-corrected chi connectivity index (χ3v) is 8.67. The molecule has 2 aromatic carbocycles. The SMILES string of the molecule is CC(C)CCC(=O)N(CCc1ccc(S(N)(=O)=O)cc1)Cc1cccc(-c2cc(C(=O)NCCN3CCCC3)ccn2)c1.Cl.Cl. The maximum atomic E-state index is 13.3. The standard InChI is InChI=1S/C33H43N5O4S.2ClH/c1-25(2)8-13-32(39)38(20-15-26-9-11-30(12-10-26)43(34,41)42)24-27-6-5-7-28(22-27)31-23-29(14-16-35-31)33(40)36-17-21-37-18-3-4-19-37;;/h5-7,9-12,14,16,22-23,25H,3-4,8,13,15,17-21,24H2,1-2H3,(H,36,40)(H2,34,41,42);2*1H. The summed E-state index contributed by atoms with van der Waals surface area (Å²) in [6, 6.07) is 17.9. The lowest BCUT2D eigenvalue weighted by atomic mass is 10.0. The summed E-state index contributed by atoms with van der Waals surface area (Å²) in [5.74, 6) is 0.375. The van der Waals surface area contributed by atoms with Crippen molar-refractivity contribution in [3.05, 3.63) is 83.6 Å². The molecule has 1 aromatic heterocycles. The van der Waals surface area contributed by atoms with E-state index in [1.807, 2.05) is 29.2 Å². The van der Waals surface area contributed by atoms with Crippen LogP contribution in [-0.2, 0) is 27.8 Å². The number of sulfonamides is 1. The van der Waals surface area contributed by atoms with Crippen molar-refractivity contribution in [3.8, 4) is 11.3 Å². The van der Waals surface area contributed by atoms with Crippen LogP contribution in [0.15, 0.2) is 71.8 Å². The van der Waals surface area contributed by atoms with Crippen molar-refractivity contribution in [2.24, 2.45) is 11.1 Å². The fourth-order valence-corrected chi connectivity index (χ4v) is 5.70. The van der Waals surface area contributed by atoms with Crippen LogP contribution in [0.4, 0.5) is 0 Å². The van der Waals surface area contributed by atoms with E-state index in [4.69, 9.17) is 5.14 Å². The number of halogens is 2. The number of nitrogens with one attached hydrogen (secondary N) is 1. The van der Waals surface area contributed by atoms with Crippen LogP contribution < -0.4 is 10.5 Å². The van der Waals surface area contributed by atoms with E-state index >= 15 is 0 Å². The van der Waals surface area contributed by atoms with E-state index in [1.165, 1.54) is 25.0 Å². The van der Waals surface area contributed by atoms with E-state index in [1.54, 1.807) is 30.5 Å². The highest BCUT2D eigenvalue weighted by Gasteiger charge is 2.17. The number of amides is 2. The highest BCUT2D eigenvalue weighted by Crippen LogP contribution is 2.21. The lowest BCUT2D eigenvalue weighted by molar-refractivity contribution is -0.132. The van der Waals surface area contributed by atoms with Crippen LogP contribution in [0, 0.1) is 5.92 Å². The number of nitrogens with zero attached hydrogens (tertiary/aromatic N) is 3. The quantitative estimate of drug-likeness (QED) is 0.245. The fourth-order valence-electron chi connectivity index (χ4n) is 5.19. The van der Waals surface area contributed by atoms with Gasteiger partial charge in [-0.25, -0.2) is 13.6 Å². The first-order valence-corrected chi connectivity index (χ1v) is 16.6. The third-order valence-electron chi connectivity index (χ3n) is 7.74. The lowest BCUT2D eigenvalue weighted by Crippen LogP contribution is -2.33. The summed E-state index contributed by atoms with van der Waals surface area (Å²) in [5, 5.41) is 8.25. The average Bonchev–Trinajstić information content (AvgIpc) is 3.51. The van der Waals surface area contributed by atoms with Gasteiger partial charge in [-0.3, -0.25) is 14.6 Å². The number of rotatable bonds is 14. The van der Waals surface area contributed by atoms with Gasteiger partial charge in [-0.15, -0.1) is 24.8 Å². The molecule has 0 unspecified atom stereocenters. The molecule has 4 rings (SSSR count). The van der Waals surface area contributed by atoms with Crippen LogP contribution in [0.3, 0.4) is 0 Å². The van der Waals surface area contributed by atoms with E-state index in [0.717, 1.165) is 42.7 Å². The van der Waals surface area contributed by atoms with E-state index in [-0.39, 0.29) is 41.5 Å². The Labute approximate surface area is 279 Å². The Hall–Kier alpha value is -3.02. The molecule has 0 bridgehead atoms. The van der Waals surface area contributed by atoms with Crippen LogP contribution in [-0.4, -0.2) is 67.7 Å². The van der Waals surface area contributed by atoms with Gasteiger partial charge < -0.3 is 15.1 Å². The average molecular weight is 679 g/mol. The summed E-state index contributed by atoms with van der Waals surface area (Å²) in [4.78, 5) is 34.9. The summed E-state index contributed by atoms with van der Waals surface area (Å²) in [6.45, 7) is 8.79. The number of benzene rings is 2. The van der Waals surface area contributed by atoms with Crippen LogP contribution in [0.25, 0.3) is 11.3 Å². The van der Waals surface area contributed by atoms with E-state index < -0.39 is 10.0 Å².